The average molecular weight is 340 g/mol. The molecule has 0 radical (unpaired) electrons. The normalized spacial score (nSPS) is 11.3. The Labute approximate surface area is 147 Å². The van der Waals surface area contributed by atoms with Crippen molar-refractivity contribution >= 4 is 40.3 Å². The molecule has 3 rings (SSSR count). The Hall–Kier alpha value is -2.52. The highest BCUT2D eigenvalue weighted by atomic mass is 35.5. The van der Waals surface area contributed by atoms with Crippen LogP contribution >= 0.6 is 11.6 Å². The van der Waals surface area contributed by atoms with Crippen LogP contribution in [-0.4, -0.2) is 19.2 Å². The van der Waals surface area contributed by atoms with Crippen molar-refractivity contribution in [3.8, 4) is 5.75 Å². The van der Waals surface area contributed by atoms with Gasteiger partial charge in [0.1, 0.15) is 12.8 Å². The topological polar surface area (TPSA) is 27.3 Å². The predicted molar refractivity (Wildman–Crippen MR) is 101 cm³/mol. The van der Waals surface area contributed by atoms with Crippen molar-refractivity contribution in [1.82, 2.24) is 0 Å². The van der Waals surface area contributed by atoms with Crippen LogP contribution in [0.3, 0.4) is 0 Å². The van der Waals surface area contributed by atoms with E-state index in [1.54, 1.807) is 18.2 Å². The molecule has 3 nitrogen and oxygen atoms in total. The molecular weight excluding hydrogens is 320 g/mol. The Morgan fingerprint density at radius 3 is 2.54 bits per heavy atom. The Kier molecular flexibility index (Phi) is 4.45. The number of rotatable bonds is 3. The van der Waals surface area contributed by atoms with Crippen molar-refractivity contribution in [2.24, 2.45) is 7.05 Å². The van der Waals surface area contributed by atoms with Crippen LogP contribution < -0.4 is 9.47 Å². The molecule has 0 amide bonds. The van der Waals surface area contributed by atoms with E-state index in [9.17, 15) is 5.11 Å². The fraction of sp³-hybridized carbons (Fsp3) is 0.150. The van der Waals surface area contributed by atoms with Gasteiger partial charge >= 0.3 is 0 Å². The monoisotopic (exact) mass is 339 g/mol. The summed E-state index contributed by atoms with van der Waals surface area (Å²) in [5.74, 6) is 0.217. The van der Waals surface area contributed by atoms with Gasteiger partial charge in [-0.05, 0) is 42.5 Å². The Balaban J connectivity index is 2.01. The zero-order valence-corrected chi connectivity index (χ0v) is 14.7. The van der Waals surface area contributed by atoms with Crippen LogP contribution in [0.5, 0.6) is 5.75 Å². The van der Waals surface area contributed by atoms with Gasteiger partial charge < -0.3 is 10.0 Å². The molecule has 1 heterocycles. The maximum Gasteiger partial charge on any atom is 0.212 e. The van der Waals surface area contributed by atoms with E-state index in [4.69, 9.17) is 11.6 Å². The largest absolute Gasteiger partial charge is 0.507 e. The Morgan fingerprint density at radius 1 is 1.00 bits per heavy atom. The van der Waals surface area contributed by atoms with Crippen molar-refractivity contribution in [3.63, 3.8) is 0 Å². The minimum absolute atomic E-state index is 0.217. The second kappa shape index (κ2) is 6.54. The zero-order chi connectivity index (χ0) is 17.3. The molecule has 3 aromatic rings. The average Bonchev–Trinajstić information content (AvgIpc) is 2.56. The Bertz CT molecular complexity index is 932. The molecule has 0 aliphatic heterocycles. The number of anilines is 1. The summed E-state index contributed by atoms with van der Waals surface area (Å²) in [6.07, 6.45) is 3.85. The van der Waals surface area contributed by atoms with E-state index in [1.807, 2.05) is 33.3 Å². The summed E-state index contributed by atoms with van der Waals surface area (Å²) in [7, 11) is 6.11. The summed E-state index contributed by atoms with van der Waals surface area (Å²) in [4.78, 5) is 2.09. The molecule has 0 atom stereocenters. The maximum absolute atomic E-state index is 9.92. The van der Waals surface area contributed by atoms with E-state index in [0.29, 0.717) is 10.6 Å². The van der Waals surface area contributed by atoms with E-state index in [0.717, 1.165) is 11.2 Å². The molecule has 0 fully saturated rings. The molecule has 0 saturated heterocycles. The third-order valence-corrected chi connectivity index (χ3v) is 4.37. The molecular formula is C20H20ClN2O+. The van der Waals surface area contributed by atoms with Gasteiger partial charge in [0.05, 0.1) is 0 Å². The first-order valence-corrected chi connectivity index (χ1v) is 8.10. The molecule has 0 saturated carbocycles. The first-order valence-electron chi connectivity index (χ1n) is 7.72. The summed E-state index contributed by atoms with van der Waals surface area (Å²) in [6, 6.07) is 15.6. The van der Waals surface area contributed by atoms with Crippen molar-refractivity contribution in [1.29, 1.82) is 0 Å². The standard InChI is InChI=1S/C20H19ClN2O/c1-22(2)18-9-10-19-14(13-18)4-7-17(23(19)3)8-5-15-12-16(21)6-11-20(15)24/h4-13H,1-3H3/p+1. The smallest absolute Gasteiger partial charge is 0.212 e. The van der Waals surface area contributed by atoms with Crippen LogP contribution in [0.15, 0.2) is 48.5 Å². The first kappa shape index (κ1) is 16.3. The van der Waals surface area contributed by atoms with Gasteiger partial charge in [0, 0.05) is 54.0 Å². The van der Waals surface area contributed by atoms with Gasteiger partial charge in [0.2, 0.25) is 11.2 Å². The lowest BCUT2D eigenvalue weighted by molar-refractivity contribution is -0.646. The third-order valence-electron chi connectivity index (χ3n) is 4.13. The minimum Gasteiger partial charge on any atom is -0.507 e. The van der Waals surface area contributed by atoms with Gasteiger partial charge in [-0.1, -0.05) is 11.6 Å². The lowest BCUT2D eigenvalue weighted by atomic mass is 10.1. The molecule has 1 aromatic heterocycles. The first-order chi connectivity index (χ1) is 11.5. The number of halogens is 1. The quantitative estimate of drug-likeness (QED) is 0.722. The van der Waals surface area contributed by atoms with Crippen LogP contribution in [-0.2, 0) is 7.05 Å². The predicted octanol–water partition coefficient (Wildman–Crippen LogP) is 4.26. The van der Waals surface area contributed by atoms with Crippen LogP contribution in [0, 0.1) is 0 Å². The zero-order valence-electron chi connectivity index (χ0n) is 14.0. The third kappa shape index (κ3) is 3.22. The Morgan fingerprint density at radius 2 is 1.79 bits per heavy atom. The summed E-state index contributed by atoms with van der Waals surface area (Å²) in [5.41, 5.74) is 4.07. The van der Waals surface area contributed by atoms with Gasteiger partial charge in [0.15, 0.2) is 0 Å². The molecule has 24 heavy (non-hydrogen) atoms. The maximum atomic E-state index is 9.92. The number of benzene rings is 2. The molecule has 0 bridgehead atoms. The van der Waals surface area contributed by atoms with E-state index >= 15 is 0 Å². The van der Waals surface area contributed by atoms with Gasteiger partial charge in [0.25, 0.3) is 0 Å². The second-order valence-electron chi connectivity index (χ2n) is 5.99. The van der Waals surface area contributed by atoms with Gasteiger partial charge in [-0.2, -0.15) is 4.57 Å². The summed E-state index contributed by atoms with van der Waals surface area (Å²) in [6.45, 7) is 0. The molecule has 4 heteroatoms. The van der Waals surface area contributed by atoms with E-state index in [2.05, 4.69) is 39.8 Å². The summed E-state index contributed by atoms with van der Waals surface area (Å²) >= 11 is 5.99. The lowest BCUT2D eigenvalue weighted by Gasteiger charge is -2.12. The lowest BCUT2D eigenvalue weighted by Crippen LogP contribution is -2.32. The SMILES string of the molecule is CN(C)c1ccc2c(ccc(/C=C/c3cc(Cl)ccc3O)[n+]2C)c1. The van der Waals surface area contributed by atoms with E-state index in [1.165, 1.54) is 11.1 Å². The summed E-state index contributed by atoms with van der Waals surface area (Å²) < 4.78 is 2.13. The second-order valence-corrected chi connectivity index (χ2v) is 6.43. The number of phenolic OH excluding ortho intramolecular Hbond substituents is 1. The number of hydrogen-bond donors (Lipinski definition) is 1. The van der Waals surface area contributed by atoms with Crippen molar-refractivity contribution < 1.29 is 9.67 Å². The minimum atomic E-state index is 0.217. The van der Waals surface area contributed by atoms with Crippen molar-refractivity contribution in [2.75, 3.05) is 19.0 Å². The van der Waals surface area contributed by atoms with Crippen LogP contribution in [0.1, 0.15) is 11.3 Å². The molecule has 2 aromatic carbocycles. The number of fused-ring (bicyclic) bond motifs is 1. The molecule has 0 aliphatic rings. The van der Waals surface area contributed by atoms with Crippen molar-refractivity contribution in [3.05, 3.63) is 64.8 Å². The molecule has 1 N–H and O–H groups in total. The van der Waals surface area contributed by atoms with Crippen LogP contribution in [0.4, 0.5) is 5.69 Å². The van der Waals surface area contributed by atoms with Crippen LogP contribution in [0.2, 0.25) is 5.02 Å². The number of aromatic hydroxyl groups is 1. The highest BCUT2D eigenvalue weighted by molar-refractivity contribution is 6.30. The van der Waals surface area contributed by atoms with E-state index < -0.39 is 0 Å². The molecule has 122 valence electrons. The number of hydrogen-bond acceptors (Lipinski definition) is 2. The highest BCUT2D eigenvalue weighted by Crippen LogP contribution is 2.24. The highest BCUT2D eigenvalue weighted by Gasteiger charge is 2.10. The van der Waals surface area contributed by atoms with Gasteiger partial charge in [-0.25, -0.2) is 0 Å². The van der Waals surface area contributed by atoms with Crippen LogP contribution in [0.25, 0.3) is 23.1 Å². The van der Waals surface area contributed by atoms with E-state index in [-0.39, 0.29) is 5.75 Å². The molecule has 0 unspecified atom stereocenters. The fourth-order valence-corrected chi connectivity index (χ4v) is 2.87. The van der Waals surface area contributed by atoms with Gasteiger partial charge in [-0.3, -0.25) is 0 Å². The number of aryl methyl sites for hydroxylation is 1. The summed E-state index contributed by atoms with van der Waals surface area (Å²) in [5, 5.41) is 11.7. The molecule has 0 aliphatic carbocycles. The fourth-order valence-electron chi connectivity index (χ4n) is 2.69. The van der Waals surface area contributed by atoms with Gasteiger partial charge in [-0.15, -0.1) is 0 Å². The number of phenols is 1. The number of nitrogens with zero attached hydrogens (tertiary/aromatic N) is 2. The number of aromatic nitrogens is 1. The number of pyridine rings is 1. The van der Waals surface area contributed by atoms with Crippen molar-refractivity contribution in [2.45, 2.75) is 0 Å². The molecule has 0 spiro atoms.